The zero-order chi connectivity index (χ0) is 28.0. The van der Waals surface area contributed by atoms with Crippen LogP contribution in [0.4, 0.5) is 0 Å². The summed E-state index contributed by atoms with van der Waals surface area (Å²) in [5, 5.41) is 5.87. The highest BCUT2D eigenvalue weighted by atomic mass is 35.5. The maximum Gasteiger partial charge on any atom is 0.283 e. The summed E-state index contributed by atoms with van der Waals surface area (Å²) in [7, 11) is -3.94. The molecule has 0 spiro atoms. The van der Waals surface area contributed by atoms with Gasteiger partial charge in [0.05, 0.1) is 23.8 Å². The number of thiazole rings is 1. The molecule has 2 unspecified atom stereocenters. The quantitative estimate of drug-likeness (QED) is 0.467. The van der Waals surface area contributed by atoms with Gasteiger partial charge in [0.15, 0.2) is 5.01 Å². The van der Waals surface area contributed by atoms with Crippen LogP contribution < -0.4 is 5.32 Å². The number of ether oxygens (including phenoxy) is 1. The number of nitrogens with zero attached hydrogens (tertiary/aromatic N) is 4. The van der Waals surface area contributed by atoms with Gasteiger partial charge in [-0.05, 0) is 42.0 Å². The number of halogens is 2. The average molecular weight is 641 g/mol. The molecule has 220 valence electrons. The van der Waals surface area contributed by atoms with E-state index in [9.17, 15) is 18.0 Å². The fourth-order valence-electron chi connectivity index (χ4n) is 5.45. The molecule has 4 heterocycles. The van der Waals surface area contributed by atoms with E-state index in [1.165, 1.54) is 20.5 Å². The van der Waals surface area contributed by atoms with E-state index in [4.69, 9.17) is 16.3 Å². The maximum absolute atomic E-state index is 13.8. The van der Waals surface area contributed by atoms with Crippen molar-refractivity contribution in [1.29, 1.82) is 0 Å². The average Bonchev–Trinajstić information content (AvgIpc) is 3.39. The number of morpholine rings is 1. The predicted octanol–water partition coefficient (Wildman–Crippen LogP) is 2.78. The molecule has 0 radical (unpaired) electrons. The maximum atomic E-state index is 13.8. The molecular formula is C27H31Cl2N5O5S2. The Morgan fingerprint density at radius 3 is 2.59 bits per heavy atom. The summed E-state index contributed by atoms with van der Waals surface area (Å²) in [5.74, 6) is -0.611. The van der Waals surface area contributed by atoms with Crippen molar-refractivity contribution in [3.63, 3.8) is 0 Å². The van der Waals surface area contributed by atoms with Crippen LogP contribution in [-0.2, 0) is 32.5 Å². The fraction of sp³-hybridized carbons (Fsp3) is 0.444. The van der Waals surface area contributed by atoms with E-state index >= 15 is 0 Å². The Labute approximate surface area is 254 Å². The molecule has 0 bridgehead atoms. The number of benzene rings is 2. The van der Waals surface area contributed by atoms with E-state index in [0.717, 1.165) is 27.8 Å². The van der Waals surface area contributed by atoms with E-state index < -0.39 is 16.1 Å². The Morgan fingerprint density at radius 1 is 1.07 bits per heavy atom. The molecule has 2 atom stereocenters. The van der Waals surface area contributed by atoms with Crippen LogP contribution in [-0.4, -0.2) is 97.3 Å². The van der Waals surface area contributed by atoms with Gasteiger partial charge in [-0.3, -0.25) is 9.59 Å². The minimum absolute atomic E-state index is 0. The first kappa shape index (κ1) is 30.1. The number of piperazine rings is 1. The molecule has 6 rings (SSSR count). The smallest absolute Gasteiger partial charge is 0.283 e. The highest BCUT2D eigenvalue weighted by Gasteiger charge is 2.43. The summed E-state index contributed by atoms with van der Waals surface area (Å²) in [6, 6.07) is 9.48. The Kier molecular flexibility index (Phi) is 8.91. The van der Waals surface area contributed by atoms with Crippen molar-refractivity contribution in [2.75, 3.05) is 45.9 Å². The van der Waals surface area contributed by atoms with Gasteiger partial charge in [0, 0.05) is 61.6 Å². The molecule has 1 N–H and O–H groups in total. The minimum atomic E-state index is -3.94. The lowest BCUT2D eigenvalue weighted by Crippen LogP contribution is -2.62. The first-order valence-corrected chi connectivity index (χ1v) is 15.9. The lowest BCUT2D eigenvalue weighted by molar-refractivity contribution is -0.141. The molecule has 3 aliphatic rings. The highest BCUT2D eigenvalue weighted by molar-refractivity contribution is 7.89. The second-order valence-corrected chi connectivity index (χ2v) is 13.8. The van der Waals surface area contributed by atoms with Crippen LogP contribution in [0.5, 0.6) is 0 Å². The third-order valence-corrected chi connectivity index (χ3v) is 10.9. The Balaban J connectivity index is 0.00000337. The molecular weight excluding hydrogens is 609 g/mol. The number of fused-ring (bicyclic) bond motifs is 2. The SMILES string of the molecule is CC1Cc2nc(C(=O)N3CCN(S(=O)(=O)c4ccc5cc(Cl)ccc5c4)CC3C(=O)N3CCOCC3)sc2CN1.Cl. The van der Waals surface area contributed by atoms with E-state index in [1.807, 2.05) is 0 Å². The number of hydrogen-bond acceptors (Lipinski definition) is 8. The van der Waals surface area contributed by atoms with Crippen LogP contribution in [0.2, 0.25) is 5.02 Å². The molecule has 2 fully saturated rings. The standard InChI is InChI=1S/C27H30ClN5O5S2.ClH/c1-17-12-22-24(15-29-17)39-25(30-22)27(35)33-7-6-32(16-23(33)26(34)31-8-10-38-11-9-31)40(36,37)21-5-3-18-13-20(28)4-2-19(18)14-21;/h2-5,13-14,17,23,29H,6-12,15-16H2,1H3;1H. The summed E-state index contributed by atoms with van der Waals surface area (Å²) < 4.78 is 34.3. The topological polar surface area (TPSA) is 112 Å². The minimum Gasteiger partial charge on any atom is -0.378 e. The van der Waals surface area contributed by atoms with Crippen LogP contribution in [0.1, 0.15) is 27.3 Å². The van der Waals surface area contributed by atoms with Crippen molar-refractivity contribution in [2.24, 2.45) is 0 Å². The molecule has 3 aliphatic heterocycles. The van der Waals surface area contributed by atoms with E-state index in [1.54, 1.807) is 41.3 Å². The van der Waals surface area contributed by atoms with Crippen LogP contribution in [0.25, 0.3) is 10.8 Å². The first-order valence-electron chi connectivity index (χ1n) is 13.3. The normalized spacial score (nSPS) is 21.8. The lowest BCUT2D eigenvalue weighted by atomic mass is 10.1. The highest BCUT2D eigenvalue weighted by Crippen LogP contribution is 2.29. The van der Waals surface area contributed by atoms with Gasteiger partial charge in [-0.25, -0.2) is 13.4 Å². The summed E-state index contributed by atoms with van der Waals surface area (Å²) in [6.07, 6.45) is 0.735. The number of carbonyl (C=O) groups is 2. The molecule has 0 aliphatic carbocycles. The summed E-state index contributed by atoms with van der Waals surface area (Å²) in [5.41, 5.74) is 0.912. The Morgan fingerprint density at radius 2 is 1.80 bits per heavy atom. The number of amides is 2. The monoisotopic (exact) mass is 639 g/mol. The second kappa shape index (κ2) is 12.1. The van der Waals surface area contributed by atoms with Gasteiger partial charge in [0.2, 0.25) is 15.9 Å². The number of carbonyl (C=O) groups excluding carboxylic acids is 2. The van der Waals surface area contributed by atoms with Crippen molar-refractivity contribution >= 4 is 68.0 Å². The summed E-state index contributed by atoms with van der Waals surface area (Å²) in [6.45, 7) is 4.35. The van der Waals surface area contributed by atoms with Crippen molar-refractivity contribution in [3.05, 3.63) is 57.0 Å². The van der Waals surface area contributed by atoms with E-state index in [0.29, 0.717) is 42.9 Å². The van der Waals surface area contributed by atoms with Crippen LogP contribution in [0, 0.1) is 0 Å². The number of nitrogens with one attached hydrogen (secondary N) is 1. The van der Waals surface area contributed by atoms with Gasteiger partial charge in [-0.2, -0.15) is 4.31 Å². The fourth-order valence-corrected chi connectivity index (χ4v) is 8.10. The van der Waals surface area contributed by atoms with Crippen LogP contribution in [0.15, 0.2) is 41.3 Å². The Hall–Kier alpha value is -2.32. The third kappa shape index (κ3) is 5.96. The number of sulfonamides is 1. The zero-order valence-electron chi connectivity index (χ0n) is 22.4. The number of rotatable bonds is 4. The van der Waals surface area contributed by atoms with Crippen molar-refractivity contribution in [3.8, 4) is 0 Å². The summed E-state index contributed by atoms with van der Waals surface area (Å²) >= 11 is 7.43. The molecule has 41 heavy (non-hydrogen) atoms. The van der Waals surface area contributed by atoms with Crippen LogP contribution >= 0.6 is 35.3 Å². The van der Waals surface area contributed by atoms with E-state index in [2.05, 4.69) is 17.2 Å². The van der Waals surface area contributed by atoms with Crippen molar-refractivity contribution in [2.45, 2.75) is 36.9 Å². The second-order valence-electron chi connectivity index (χ2n) is 10.3. The molecule has 1 aromatic heterocycles. The van der Waals surface area contributed by atoms with Gasteiger partial charge in [-0.1, -0.05) is 23.7 Å². The van der Waals surface area contributed by atoms with E-state index in [-0.39, 0.29) is 54.8 Å². The van der Waals surface area contributed by atoms with Gasteiger partial charge in [0.25, 0.3) is 5.91 Å². The molecule has 0 saturated carbocycles. The third-order valence-electron chi connectivity index (χ3n) is 7.70. The molecule has 10 nitrogen and oxygen atoms in total. The largest absolute Gasteiger partial charge is 0.378 e. The Bertz CT molecular complexity index is 1580. The van der Waals surface area contributed by atoms with Crippen LogP contribution in [0.3, 0.4) is 0 Å². The lowest BCUT2D eigenvalue weighted by Gasteiger charge is -2.42. The van der Waals surface area contributed by atoms with Crippen molar-refractivity contribution in [1.82, 2.24) is 24.4 Å². The predicted molar refractivity (Wildman–Crippen MR) is 159 cm³/mol. The van der Waals surface area contributed by atoms with Gasteiger partial charge in [-0.15, -0.1) is 23.7 Å². The summed E-state index contributed by atoms with van der Waals surface area (Å²) in [4.78, 5) is 36.5. The van der Waals surface area contributed by atoms with Crippen molar-refractivity contribution < 1.29 is 22.7 Å². The molecule has 14 heteroatoms. The van der Waals surface area contributed by atoms with Gasteiger partial charge in [0.1, 0.15) is 6.04 Å². The number of hydrogen-bond donors (Lipinski definition) is 1. The molecule has 2 amide bonds. The van der Waals surface area contributed by atoms with Gasteiger partial charge >= 0.3 is 0 Å². The number of aromatic nitrogens is 1. The first-order chi connectivity index (χ1) is 19.2. The zero-order valence-corrected chi connectivity index (χ0v) is 25.6. The molecule has 2 saturated heterocycles. The molecule has 3 aromatic rings. The van der Waals surface area contributed by atoms with Gasteiger partial charge < -0.3 is 19.9 Å². The molecule has 2 aromatic carbocycles.